The van der Waals surface area contributed by atoms with Crippen molar-refractivity contribution in [3.63, 3.8) is 0 Å². The zero-order chi connectivity index (χ0) is 18.9. The molecule has 0 atom stereocenters. The quantitative estimate of drug-likeness (QED) is 0.378. The van der Waals surface area contributed by atoms with Crippen LogP contribution in [0.4, 0.5) is 0 Å². The van der Waals surface area contributed by atoms with E-state index in [9.17, 15) is 4.79 Å². The van der Waals surface area contributed by atoms with E-state index < -0.39 is 0 Å². The van der Waals surface area contributed by atoms with E-state index in [4.69, 9.17) is 16.3 Å². The summed E-state index contributed by atoms with van der Waals surface area (Å²) in [5.74, 6) is 1.82. The Morgan fingerprint density at radius 3 is 2.63 bits per heavy atom. The van der Waals surface area contributed by atoms with Gasteiger partial charge in [-0.3, -0.25) is 4.79 Å². The van der Waals surface area contributed by atoms with Gasteiger partial charge in [0.2, 0.25) is 5.91 Å². The van der Waals surface area contributed by atoms with Crippen molar-refractivity contribution in [2.24, 2.45) is 0 Å². The van der Waals surface area contributed by atoms with Gasteiger partial charge in [-0.1, -0.05) is 48.0 Å². The van der Waals surface area contributed by atoms with Crippen LogP contribution in [0, 0.1) is 0 Å². The number of ether oxygens (including phenoxy) is 1. The number of thioether (sulfide) groups is 1. The van der Waals surface area contributed by atoms with Gasteiger partial charge in [0.25, 0.3) is 0 Å². The third kappa shape index (κ3) is 6.19. The van der Waals surface area contributed by atoms with Crippen LogP contribution >= 0.6 is 23.4 Å². The van der Waals surface area contributed by atoms with Crippen LogP contribution in [0.3, 0.4) is 0 Å². The molecule has 0 aliphatic rings. The molecule has 27 heavy (non-hydrogen) atoms. The molecule has 0 radical (unpaired) electrons. The van der Waals surface area contributed by atoms with Gasteiger partial charge in [-0.05, 0) is 47.9 Å². The number of hydrogen-bond acceptors (Lipinski definition) is 3. The van der Waals surface area contributed by atoms with Gasteiger partial charge >= 0.3 is 0 Å². The van der Waals surface area contributed by atoms with Gasteiger partial charge in [-0.15, -0.1) is 11.8 Å². The highest BCUT2D eigenvalue weighted by Crippen LogP contribution is 2.25. The molecule has 5 heteroatoms. The predicted molar refractivity (Wildman–Crippen MR) is 114 cm³/mol. The molecule has 0 saturated carbocycles. The molecule has 0 heterocycles. The summed E-state index contributed by atoms with van der Waals surface area (Å²) < 4.78 is 5.83. The number of rotatable bonds is 9. The van der Waals surface area contributed by atoms with Crippen molar-refractivity contribution in [2.75, 3.05) is 18.9 Å². The van der Waals surface area contributed by atoms with Gasteiger partial charge in [-0.25, -0.2) is 0 Å². The zero-order valence-corrected chi connectivity index (χ0v) is 16.6. The molecule has 3 aromatic rings. The summed E-state index contributed by atoms with van der Waals surface area (Å²) in [6.45, 7) is 0.964. The highest BCUT2D eigenvalue weighted by atomic mass is 35.5. The Bertz CT molecular complexity index is 878. The highest BCUT2D eigenvalue weighted by molar-refractivity contribution is 7.99. The second kappa shape index (κ2) is 10.2. The van der Waals surface area contributed by atoms with Gasteiger partial charge in [0.05, 0.1) is 6.54 Å². The largest absolute Gasteiger partial charge is 0.491 e. The Balaban J connectivity index is 1.32. The summed E-state index contributed by atoms with van der Waals surface area (Å²) in [6, 6.07) is 21.9. The SMILES string of the molecule is O=C(CCCSc1ccc(Cl)cc1)NCCOc1cccc2ccccc12. The molecule has 1 N–H and O–H groups in total. The van der Waals surface area contributed by atoms with Crippen LogP contribution in [0.1, 0.15) is 12.8 Å². The van der Waals surface area contributed by atoms with Crippen LogP contribution < -0.4 is 10.1 Å². The number of carbonyl (C=O) groups excluding carboxylic acids is 1. The number of hydrogen-bond donors (Lipinski definition) is 1. The lowest BCUT2D eigenvalue weighted by molar-refractivity contribution is -0.121. The Kier molecular flexibility index (Phi) is 7.43. The molecule has 3 nitrogen and oxygen atoms in total. The van der Waals surface area contributed by atoms with E-state index in [2.05, 4.69) is 17.4 Å². The number of benzene rings is 3. The Labute approximate surface area is 169 Å². The number of nitrogens with one attached hydrogen (secondary N) is 1. The smallest absolute Gasteiger partial charge is 0.220 e. The van der Waals surface area contributed by atoms with Gasteiger partial charge in [0.1, 0.15) is 12.4 Å². The molecule has 0 unspecified atom stereocenters. The summed E-state index contributed by atoms with van der Waals surface area (Å²) >= 11 is 7.60. The molecule has 1 amide bonds. The summed E-state index contributed by atoms with van der Waals surface area (Å²) in [4.78, 5) is 13.1. The fourth-order valence-corrected chi connectivity index (χ4v) is 3.69. The van der Waals surface area contributed by atoms with E-state index >= 15 is 0 Å². The molecule has 0 aliphatic carbocycles. The number of carbonyl (C=O) groups is 1. The van der Waals surface area contributed by atoms with E-state index in [0.717, 1.165) is 33.7 Å². The molecule has 0 bridgehead atoms. The lowest BCUT2D eigenvalue weighted by Crippen LogP contribution is -2.27. The first-order chi connectivity index (χ1) is 13.2. The fraction of sp³-hybridized carbons (Fsp3) is 0.227. The molecule has 0 fully saturated rings. The molecule has 0 aromatic heterocycles. The van der Waals surface area contributed by atoms with Crippen molar-refractivity contribution in [2.45, 2.75) is 17.7 Å². The maximum Gasteiger partial charge on any atom is 0.220 e. The van der Waals surface area contributed by atoms with Crippen LogP contribution in [0.15, 0.2) is 71.6 Å². The summed E-state index contributed by atoms with van der Waals surface area (Å²) in [5.41, 5.74) is 0. The first-order valence-electron chi connectivity index (χ1n) is 8.98. The van der Waals surface area contributed by atoms with E-state index in [1.807, 2.05) is 54.6 Å². The summed E-state index contributed by atoms with van der Waals surface area (Å²) in [7, 11) is 0. The minimum Gasteiger partial charge on any atom is -0.491 e. The number of fused-ring (bicyclic) bond motifs is 1. The Morgan fingerprint density at radius 2 is 1.78 bits per heavy atom. The van der Waals surface area contributed by atoms with E-state index in [-0.39, 0.29) is 5.91 Å². The molecule has 3 rings (SSSR count). The van der Waals surface area contributed by atoms with Crippen molar-refractivity contribution < 1.29 is 9.53 Å². The number of amides is 1. The average molecular weight is 400 g/mol. The maximum absolute atomic E-state index is 11.9. The maximum atomic E-state index is 11.9. The lowest BCUT2D eigenvalue weighted by atomic mass is 10.1. The second-order valence-electron chi connectivity index (χ2n) is 6.08. The predicted octanol–water partition coefficient (Wildman–Crippen LogP) is 5.56. The normalized spacial score (nSPS) is 10.7. The van der Waals surface area contributed by atoms with Gasteiger partial charge in [0, 0.05) is 21.7 Å². The topological polar surface area (TPSA) is 38.3 Å². The van der Waals surface area contributed by atoms with Crippen LogP contribution in [0.2, 0.25) is 5.02 Å². The Morgan fingerprint density at radius 1 is 1.00 bits per heavy atom. The van der Waals surface area contributed by atoms with Crippen LogP contribution in [-0.4, -0.2) is 24.8 Å². The third-order valence-corrected chi connectivity index (χ3v) is 5.41. The van der Waals surface area contributed by atoms with Crippen LogP contribution in [0.25, 0.3) is 10.8 Å². The van der Waals surface area contributed by atoms with Crippen molar-refractivity contribution in [1.29, 1.82) is 0 Å². The van der Waals surface area contributed by atoms with Crippen LogP contribution in [0.5, 0.6) is 5.75 Å². The monoisotopic (exact) mass is 399 g/mol. The second-order valence-corrected chi connectivity index (χ2v) is 7.69. The average Bonchev–Trinajstić information content (AvgIpc) is 2.70. The standard InChI is InChI=1S/C22H22ClNO2S/c23-18-10-12-19(13-11-18)27-16-4-9-22(25)24-14-15-26-21-8-3-6-17-5-1-2-7-20(17)21/h1-3,5-8,10-13H,4,9,14-16H2,(H,24,25). The minimum atomic E-state index is 0.0632. The van der Waals surface area contributed by atoms with Gasteiger partial charge in [0.15, 0.2) is 0 Å². The van der Waals surface area contributed by atoms with Crippen LogP contribution in [-0.2, 0) is 4.79 Å². The van der Waals surface area contributed by atoms with Gasteiger partial charge in [-0.2, -0.15) is 0 Å². The molecule has 0 saturated heterocycles. The first kappa shape index (κ1) is 19.6. The fourth-order valence-electron chi connectivity index (χ4n) is 2.71. The Hall–Kier alpha value is -2.17. The molecule has 140 valence electrons. The minimum absolute atomic E-state index is 0.0632. The molecule has 0 spiro atoms. The van der Waals surface area contributed by atoms with E-state index in [1.54, 1.807) is 11.8 Å². The highest BCUT2D eigenvalue weighted by Gasteiger charge is 2.03. The van der Waals surface area contributed by atoms with E-state index in [1.165, 1.54) is 4.90 Å². The third-order valence-electron chi connectivity index (χ3n) is 4.06. The van der Waals surface area contributed by atoms with Crippen molar-refractivity contribution >= 4 is 40.0 Å². The van der Waals surface area contributed by atoms with Crippen molar-refractivity contribution in [1.82, 2.24) is 5.32 Å². The summed E-state index contributed by atoms with van der Waals surface area (Å²) in [6.07, 6.45) is 1.36. The molecular weight excluding hydrogens is 378 g/mol. The lowest BCUT2D eigenvalue weighted by Gasteiger charge is -2.10. The molecule has 3 aromatic carbocycles. The zero-order valence-electron chi connectivity index (χ0n) is 15.0. The first-order valence-corrected chi connectivity index (χ1v) is 10.3. The summed E-state index contributed by atoms with van der Waals surface area (Å²) in [5, 5.41) is 5.90. The van der Waals surface area contributed by atoms with Crippen molar-refractivity contribution in [3.05, 3.63) is 71.8 Å². The van der Waals surface area contributed by atoms with E-state index in [0.29, 0.717) is 19.6 Å². The molecular formula is C22H22ClNO2S. The van der Waals surface area contributed by atoms with Crippen molar-refractivity contribution in [3.8, 4) is 5.75 Å². The van der Waals surface area contributed by atoms with Gasteiger partial charge < -0.3 is 10.1 Å². The molecule has 0 aliphatic heterocycles. The number of halogens is 1.